The average Bonchev–Trinajstić information content (AvgIpc) is 3.26. The summed E-state index contributed by atoms with van der Waals surface area (Å²) in [7, 11) is -1.52. The van der Waals surface area contributed by atoms with Crippen molar-refractivity contribution in [2.45, 2.75) is 29.9 Å². The zero-order valence-electron chi connectivity index (χ0n) is 17.9. The number of nitrogens with zero attached hydrogens (tertiary/aromatic N) is 2. The molecule has 1 fully saturated rings. The van der Waals surface area contributed by atoms with E-state index in [1.54, 1.807) is 24.5 Å². The van der Waals surface area contributed by atoms with E-state index in [1.807, 2.05) is 26.1 Å². The van der Waals surface area contributed by atoms with Gasteiger partial charge >= 0.3 is 0 Å². The van der Waals surface area contributed by atoms with Crippen LogP contribution in [0, 0.1) is 12.7 Å². The average molecular weight is 457 g/mol. The molecule has 0 radical (unpaired) electrons. The first-order valence-electron chi connectivity index (χ1n) is 10.4. The maximum atomic E-state index is 13.0. The molecule has 0 atom stereocenters. The highest BCUT2D eigenvalue weighted by Gasteiger charge is 2.31. The van der Waals surface area contributed by atoms with Gasteiger partial charge in [0.05, 0.1) is 27.4 Å². The van der Waals surface area contributed by atoms with E-state index >= 15 is 0 Å². The Bertz CT molecular complexity index is 1350. The maximum absolute atomic E-state index is 13.0. The highest BCUT2D eigenvalue weighted by molar-refractivity contribution is 7.92. The summed E-state index contributed by atoms with van der Waals surface area (Å²) < 4.78 is 43.7. The number of aryl methyl sites for hydroxylation is 1. The first-order valence-corrected chi connectivity index (χ1v) is 11.9. The molecule has 0 spiro atoms. The van der Waals surface area contributed by atoms with Gasteiger partial charge in [-0.2, -0.15) is 5.10 Å². The third kappa shape index (κ3) is 4.44. The van der Waals surface area contributed by atoms with Crippen molar-refractivity contribution in [1.29, 1.82) is 0 Å². The predicted molar refractivity (Wildman–Crippen MR) is 123 cm³/mol. The van der Waals surface area contributed by atoms with Gasteiger partial charge in [0.2, 0.25) is 0 Å². The zero-order valence-corrected chi connectivity index (χ0v) is 18.7. The van der Waals surface area contributed by atoms with Gasteiger partial charge in [-0.25, -0.2) is 12.8 Å². The lowest BCUT2D eigenvalue weighted by Gasteiger charge is -2.23. The number of H-pyrrole nitrogens is 1. The van der Waals surface area contributed by atoms with Crippen LogP contribution in [0.5, 0.6) is 0 Å². The van der Waals surface area contributed by atoms with E-state index in [0.29, 0.717) is 31.0 Å². The number of rotatable bonds is 3. The molecule has 2 aromatic carbocycles. The minimum atomic E-state index is -3.34. The molecular formula is C23H25FN4O3S. The van der Waals surface area contributed by atoms with Crippen LogP contribution >= 0.6 is 0 Å². The van der Waals surface area contributed by atoms with E-state index in [-0.39, 0.29) is 11.1 Å². The van der Waals surface area contributed by atoms with Gasteiger partial charge in [0, 0.05) is 42.9 Å². The molecule has 168 valence electrons. The fraction of sp³-hybridized carbons (Fsp3) is 0.304. The number of pyridine rings is 1. The number of benzene rings is 2. The molecular weight excluding hydrogens is 431 g/mol. The minimum Gasteiger partial charge on any atom is -0.388 e. The van der Waals surface area contributed by atoms with E-state index in [4.69, 9.17) is 4.74 Å². The molecule has 1 aliphatic rings. The summed E-state index contributed by atoms with van der Waals surface area (Å²) in [5.41, 5.74) is 3.30. The first-order chi connectivity index (χ1) is 15.4. The number of ether oxygens (including phenoxy) is 1. The Balaban J connectivity index is 0.000000203. The Morgan fingerprint density at radius 2 is 1.94 bits per heavy atom. The van der Waals surface area contributed by atoms with Crippen molar-refractivity contribution in [3.05, 3.63) is 60.2 Å². The number of halogens is 1. The number of hydrogen-bond donors (Lipinski definition) is 2. The van der Waals surface area contributed by atoms with Crippen LogP contribution in [0.3, 0.4) is 0 Å². The van der Waals surface area contributed by atoms with Crippen LogP contribution in [0.25, 0.3) is 21.8 Å². The molecule has 0 bridgehead atoms. The van der Waals surface area contributed by atoms with Crippen molar-refractivity contribution >= 4 is 37.3 Å². The predicted octanol–water partition coefficient (Wildman–Crippen LogP) is 4.24. The van der Waals surface area contributed by atoms with Gasteiger partial charge < -0.3 is 10.1 Å². The first kappa shape index (κ1) is 22.2. The smallest absolute Gasteiger partial charge is 0.181 e. The second-order valence-corrected chi connectivity index (χ2v) is 9.90. The second-order valence-electron chi connectivity index (χ2n) is 7.70. The monoisotopic (exact) mass is 456 g/mol. The van der Waals surface area contributed by atoms with Gasteiger partial charge in [0.25, 0.3) is 0 Å². The van der Waals surface area contributed by atoms with Crippen LogP contribution in [0.1, 0.15) is 18.4 Å². The van der Waals surface area contributed by atoms with Crippen LogP contribution in [-0.2, 0) is 14.6 Å². The lowest BCUT2D eigenvalue weighted by Crippen LogP contribution is -2.29. The molecule has 7 nitrogen and oxygen atoms in total. The molecule has 1 saturated heterocycles. The van der Waals surface area contributed by atoms with Crippen LogP contribution in [0.2, 0.25) is 0 Å². The molecule has 0 amide bonds. The van der Waals surface area contributed by atoms with E-state index in [2.05, 4.69) is 20.5 Å². The second kappa shape index (κ2) is 9.22. The molecule has 2 aromatic heterocycles. The standard InChI is InChI=1S/C16H20N2O3S.C7H5FN2/c1-11-9-15-13(14(17-2)3-6-18-15)10-16(11)22(19,20)12-4-7-21-8-5-12;8-6-1-2-7-5(3-6)4-9-10-7/h3,6,9-10,12H,4-5,7-8H2,1-2H3,(H,17,18);1-4H,(H,9,10). The third-order valence-electron chi connectivity index (χ3n) is 5.62. The Kier molecular flexibility index (Phi) is 6.38. The van der Waals surface area contributed by atoms with Crippen molar-refractivity contribution in [3.63, 3.8) is 0 Å². The van der Waals surface area contributed by atoms with Gasteiger partial charge in [-0.15, -0.1) is 0 Å². The number of sulfone groups is 1. The fourth-order valence-electron chi connectivity index (χ4n) is 3.88. The molecule has 1 aliphatic heterocycles. The van der Waals surface area contributed by atoms with E-state index in [1.165, 1.54) is 12.1 Å². The summed E-state index contributed by atoms with van der Waals surface area (Å²) in [6, 6.07) is 9.97. The number of anilines is 1. The third-order valence-corrected chi connectivity index (χ3v) is 8.03. The summed E-state index contributed by atoms with van der Waals surface area (Å²) in [5.74, 6) is -0.228. The molecule has 9 heteroatoms. The van der Waals surface area contributed by atoms with Crippen molar-refractivity contribution < 1.29 is 17.5 Å². The zero-order chi connectivity index (χ0) is 22.7. The van der Waals surface area contributed by atoms with E-state index < -0.39 is 9.84 Å². The van der Waals surface area contributed by atoms with E-state index in [0.717, 1.165) is 33.1 Å². The van der Waals surface area contributed by atoms with Gasteiger partial charge in [-0.1, -0.05) is 0 Å². The molecule has 4 aromatic rings. The highest BCUT2D eigenvalue weighted by atomic mass is 32.2. The molecule has 2 N–H and O–H groups in total. The van der Waals surface area contributed by atoms with Gasteiger partial charge in [-0.05, 0) is 61.7 Å². The molecule has 3 heterocycles. The number of hydrogen-bond acceptors (Lipinski definition) is 6. The van der Waals surface area contributed by atoms with Crippen molar-refractivity contribution in [2.24, 2.45) is 0 Å². The van der Waals surface area contributed by atoms with Crippen LogP contribution < -0.4 is 5.32 Å². The molecule has 0 unspecified atom stereocenters. The SMILES string of the molecule is CNc1ccnc2cc(C)c(S(=O)(=O)C3CCOCC3)cc12.Fc1ccc2[nH]ncc2c1. The quantitative estimate of drug-likeness (QED) is 0.479. The number of aromatic nitrogens is 3. The van der Waals surface area contributed by atoms with Crippen LogP contribution in [-0.4, -0.2) is 49.1 Å². The van der Waals surface area contributed by atoms with E-state index in [9.17, 15) is 12.8 Å². The van der Waals surface area contributed by atoms with Gasteiger partial charge in [0.1, 0.15) is 5.82 Å². The van der Waals surface area contributed by atoms with Gasteiger partial charge in [0.15, 0.2) is 9.84 Å². The van der Waals surface area contributed by atoms with Crippen molar-refractivity contribution in [2.75, 3.05) is 25.6 Å². The Hall–Kier alpha value is -3.04. The highest BCUT2D eigenvalue weighted by Crippen LogP contribution is 2.31. The number of aromatic amines is 1. The lowest BCUT2D eigenvalue weighted by molar-refractivity contribution is 0.0983. The normalized spacial score (nSPS) is 14.8. The van der Waals surface area contributed by atoms with Crippen molar-refractivity contribution in [3.8, 4) is 0 Å². The molecule has 32 heavy (non-hydrogen) atoms. The molecule has 0 saturated carbocycles. The maximum Gasteiger partial charge on any atom is 0.181 e. The largest absolute Gasteiger partial charge is 0.388 e. The Morgan fingerprint density at radius 1 is 1.16 bits per heavy atom. The summed E-state index contributed by atoms with van der Waals surface area (Å²) in [4.78, 5) is 4.74. The van der Waals surface area contributed by atoms with Gasteiger partial charge in [-0.3, -0.25) is 10.1 Å². The molecule has 0 aliphatic carbocycles. The molecule has 5 rings (SSSR count). The summed E-state index contributed by atoms with van der Waals surface area (Å²) >= 11 is 0. The summed E-state index contributed by atoms with van der Waals surface area (Å²) in [5, 5.41) is 10.9. The Labute approximate surface area is 185 Å². The minimum absolute atomic E-state index is 0.228. The summed E-state index contributed by atoms with van der Waals surface area (Å²) in [6.07, 6.45) is 4.44. The number of nitrogens with one attached hydrogen (secondary N) is 2. The lowest BCUT2D eigenvalue weighted by atomic mass is 10.1. The Morgan fingerprint density at radius 3 is 2.69 bits per heavy atom. The van der Waals surface area contributed by atoms with Crippen molar-refractivity contribution in [1.82, 2.24) is 15.2 Å². The summed E-state index contributed by atoms with van der Waals surface area (Å²) in [6.45, 7) is 2.86. The topological polar surface area (TPSA) is 97.0 Å². The van der Waals surface area contributed by atoms with Crippen LogP contribution in [0.4, 0.5) is 10.1 Å². The number of fused-ring (bicyclic) bond motifs is 2. The van der Waals surface area contributed by atoms with Crippen LogP contribution in [0.15, 0.2) is 53.7 Å². The fourth-order valence-corrected chi connectivity index (χ4v) is 5.84.